The Morgan fingerprint density at radius 1 is 1.10 bits per heavy atom. The summed E-state index contributed by atoms with van der Waals surface area (Å²) in [5.41, 5.74) is 1.83. The first-order chi connectivity index (χ1) is 14.4. The molecule has 2 aromatic carbocycles. The summed E-state index contributed by atoms with van der Waals surface area (Å²) >= 11 is 12.4. The SMILES string of the molecule is C[C@H](C(=O)NC1CCCC1)N(Cc1cccc(Cl)c1)C(=O)CCc1ccccc1Cl. The minimum Gasteiger partial charge on any atom is -0.352 e. The van der Waals surface area contributed by atoms with Crippen LogP contribution < -0.4 is 5.32 Å². The van der Waals surface area contributed by atoms with Crippen LogP contribution in [0.5, 0.6) is 0 Å². The van der Waals surface area contributed by atoms with Crippen LogP contribution in [-0.2, 0) is 22.6 Å². The summed E-state index contributed by atoms with van der Waals surface area (Å²) in [6, 6.07) is 14.6. The fourth-order valence-electron chi connectivity index (χ4n) is 3.89. The number of amides is 2. The highest BCUT2D eigenvalue weighted by Crippen LogP contribution is 2.21. The summed E-state index contributed by atoms with van der Waals surface area (Å²) in [4.78, 5) is 27.7. The van der Waals surface area contributed by atoms with Gasteiger partial charge in [0.25, 0.3) is 0 Å². The number of hydrogen-bond acceptors (Lipinski definition) is 2. The molecule has 6 heteroatoms. The van der Waals surface area contributed by atoms with Gasteiger partial charge in [0, 0.05) is 29.1 Å². The van der Waals surface area contributed by atoms with Crippen molar-refractivity contribution in [3.63, 3.8) is 0 Å². The largest absolute Gasteiger partial charge is 0.352 e. The lowest BCUT2D eigenvalue weighted by Gasteiger charge is -2.30. The van der Waals surface area contributed by atoms with Gasteiger partial charge in [-0.3, -0.25) is 9.59 Å². The molecule has 1 aliphatic rings. The minimum absolute atomic E-state index is 0.0797. The van der Waals surface area contributed by atoms with Gasteiger partial charge >= 0.3 is 0 Å². The van der Waals surface area contributed by atoms with E-state index in [1.807, 2.05) is 42.5 Å². The monoisotopic (exact) mass is 446 g/mol. The summed E-state index contributed by atoms with van der Waals surface area (Å²) in [6.45, 7) is 2.13. The fraction of sp³-hybridized carbons (Fsp3) is 0.417. The Hall–Kier alpha value is -2.04. The zero-order valence-corrected chi connectivity index (χ0v) is 18.8. The van der Waals surface area contributed by atoms with Crippen molar-refractivity contribution in [1.82, 2.24) is 10.2 Å². The number of carbonyl (C=O) groups excluding carboxylic acids is 2. The third-order valence-corrected chi connectivity index (χ3v) is 6.28. The first-order valence-corrected chi connectivity index (χ1v) is 11.3. The lowest BCUT2D eigenvalue weighted by molar-refractivity contribution is -0.140. The van der Waals surface area contributed by atoms with Crippen LogP contribution in [-0.4, -0.2) is 28.8 Å². The molecule has 0 heterocycles. The lowest BCUT2D eigenvalue weighted by atomic mass is 10.1. The van der Waals surface area contributed by atoms with E-state index in [2.05, 4.69) is 5.32 Å². The summed E-state index contributed by atoms with van der Waals surface area (Å²) in [5, 5.41) is 4.38. The van der Waals surface area contributed by atoms with Gasteiger partial charge in [0.2, 0.25) is 11.8 Å². The molecule has 1 saturated carbocycles. The quantitative estimate of drug-likeness (QED) is 0.589. The average molecular weight is 447 g/mol. The number of nitrogens with one attached hydrogen (secondary N) is 1. The molecule has 160 valence electrons. The van der Waals surface area contributed by atoms with E-state index in [0.717, 1.165) is 36.8 Å². The molecule has 0 aromatic heterocycles. The van der Waals surface area contributed by atoms with Crippen molar-refractivity contribution in [2.45, 2.75) is 64.1 Å². The van der Waals surface area contributed by atoms with Crippen molar-refractivity contribution in [1.29, 1.82) is 0 Å². The molecular weight excluding hydrogens is 419 g/mol. The zero-order valence-electron chi connectivity index (χ0n) is 17.2. The molecule has 30 heavy (non-hydrogen) atoms. The molecular formula is C24H28Cl2N2O2. The summed E-state index contributed by atoms with van der Waals surface area (Å²) < 4.78 is 0. The molecule has 1 fully saturated rings. The number of aryl methyl sites for hydroxylation is 1. The predicted octanol–water partition coefficient (Wildman–Crippen LogP) is 5.40. The number of nitrogens with zero attached hydrogens (tertiary/aromatic N) is 1. The van der Waals surface area contributed by atoms with E-state index in [9.17, 15) is 9.59 Å². The van der Waals surface area contributed by atoms with Crippen LogP contribution in [0, 0.1) is 0 Å². The Labute approximate surface area is 188 Å². The smallest absolute Gasteiger partial charge is 0.242 e. The van der Waals surface area contributed by atoms with Gasteiger partial charge in [-0.05, 0) is 55.5 Å². The van der Waals surface area contributed by atoms with Gasteiger partial charge in [-0.2, -0.15) is 0 Å². The Balaban J connectivity index is 1.72. The first kappa shape index (κ1) is 22.6. The van der Waals surface area contributed by atoms with Crippen LogP contribution in [0.15, 0.2) is 48.5 Å². The number of hydrogen-bond donors (Lipinski definition) is 1. The van der Waals surface area contributed by atoms with Crippen LogP contribution >= 0.6 is 23.2 Å². The number of benzene rings is 2. The lowest BCUT2D eigenvalue weighted by Crippen LogP contribution is -2.49. The zero-order chi connectivity index (χ0) is 21.5. The molecule has 0 spiro atoms. The maximum Gasteiger partial charge on any atom is 0.242 e. The van der Waals surface area contributed by atoms with Crippen LogP contribution in [0.25, 0.3) is 0 Å². The van der Waals surface area contributed by atoms with E-state index < -0.39 is 6.04 Å². The van der Waals surface area contributed by atoms with Crippen molar-refractivity contribution >= 4 is 35.0 Å². The van der Waals surface area contributed by atoms with Gasteiger partial charge in [-0.15, -0.1) is 0 Å². The highest BCUT2D eigenvalue weighted by atomic mass is 35.5. The predicted molar refractivity (Wildman–Crippen MR) is 122 cm³/mol. The molecule has 2 aromatic rings. The second-order valence-electron chi connectivity index (χ2n) is 7.91. The molecule has 0 saturated heterocycles. The van der Waals surface area contributed by atoms with E-state index in [4.69, 9.17) is 23.2 Å². The number of halogens is 2. The van der Waals surface area contributed by atoms with Gasteiger partial charge in [0.05, 0.1) is 0 Å². The highest BCUT2D eigenvalue weighted by molar-refractivity contribution is 6.31. The summed E-state index contributed by atoms with van der Waals surface area (Å²) in [5.74, 6) is -0.181. The highest BCUT2D eigenvalue weighted by Gasteiger charge is 2.28. The van der Waals surface area contributed by atoms with Crippen molar-refractivity contribution < 1.29 is 9.59 Å². The molecule has 0 unspecified atom stereocenters. The second-order valence-corrected chi connectivity index (χ2v) is 8.75. The van der Waals surface area contributed by atoms with Crippen molar-refractivity contribution in [2.75, 3.05) is 0 Å². The molecule has 0 radical (unpaired) electrons. The molecule has 1 aliphatic carbocycles. The Kier molecular flexibility index (Phi) is 8.17. The number of carbonyl (C=O) groups is 2. The van der Waals surface area contributed by atoms with E-state index in [0.29, 0.717) is 23.0 Å². The third kappa shape index (κ3) is 6.23. The van der Waals surface area contributed by atoms with Crippen LogP contribution in [0.4, 0.5) is 0 Å². The van der Waals surface area contributed by atoms with Crippen molar-refractivity contribution in [3.05, 3.63) is 69.7 Å². The number of rotatable bonds is 8. The van der Waals surface area contributed by atoms with Gasteiger partial charge in [0.15, 0.2) is 0 Å². The summed E-state index contributed by atoms with van der Waals surface area (Å²) in [7, 11) is 0. The molecule has 0 bridgehead atoms. The normalized spacial score (nSPS) is 15.0. The maximum atomic E-state index is 13.2. The minimum atomic E-state index is -0.566. The van der Waals surface area contributed by atoms with E-state index in [1.165, 1.54) is 0 Å². The second kappa shape index (κ2) is 10.8. The van der Waals surface area contributed by atoms with Crippen LogP contribution in [0.3, 0.4) is 0 Å². The standard InChI is InChI=1S/C24H28Cl2N2O2/c1-17(24(30)27-21-10-3-4-11-21)28(16-18-7-6-9-20(25)15-18)23(29)14-13-19-8-2-5-12-22(19)26/h2,5-9,12,15,17,21H,3-4,10-11,13-14,16H2,1H3,(H,27,30)/t17-/m1/s1. The van der Waals surface area contributed by atoms with Gasteiger partial charge in [0.1, 0.15) is 6.04 Å². The van der Waals surface area contributed by atoms with Gasteiger partial charge < -0.3 is 10.2 Å². The fourth-order valence-corrected chi connectivity index (χ4v) is 4.34. The summed E-state index contributed by atoms with van der Waals surface area (Å²) in [6.07, 6.45) is 5.11. The van der Waals surface area contributed by atoms with E-state index in [1.54, 1.807) is 17.9 Å². The molecule has 1 atom stereocenters. The third-order valence-electron chi connectivity index (χ3n) is 5.68. The molecule has 0 aliphatic heterocycles. The Morgan fingerprint density at radius 2 is 1.83 bits per heavy atom. The molecule has 2 amide bonds. The average Bonchev–Trinajstić information content (AvgIpc) is 3.24. The Bertz CT molecular complexity index is 881. The van der Waals surface area contributed by atoms with Crippen LogP contribution in [0.1, 0.15) is 50.2 Å². The van der Waals surface area contributed by atoms with E-state index >= 15 is 0 Å². The van der Waals surface area contributed by atoms with Crippen molar-refractivity contribution in [3.8, 4) is 0 Å². The van der Waals surface area contributed by atoms with Gasteiger partial charge in [-0.25, -0.2) is 0 Å². The van der Waals surface area contributed by atoms with Crippen LogP contribution in [0.2, 0.25) is 10.0 Å². The molecule has 4 nitrogen and oxygen atoms in total. The van der Waals surface area contributed by atoms with E-state index in [-0.39, 0.29) is 24.3 Å². The molecule has 1 N–H and O–H groups in total. The molecule has 3 rings (SSSR count). The first-order valence-electron chi connectivity index (χ1n) is 10.5. The Morgan fingerprint density at radius 3 is 2.53 bits per heavy atom. The topological polar surface area (TPSA) is 49.4 Å². The maximum absolute atomic E-state index is 13.2. The van der Waals surface area contributed by atoms with Gasteiger partial charge in [-0.1, -0.05) is 66.4 Å². The van der Waals surface area contributed by atoms with Crippen molar-refractivity contribution in [2.24, 2.45) is 0 Å².